The first-order valence-electron chi connectivity index (χ1n) is 8.01. The summed E-state index contributed by atoms with van der Waals surface area (Å²) in [6, 6.07) is 12.1. The first-order valence-corrected chi connectivity index (χ1v) is 9.18. The maximum atomic E-state index is 11.9. The Morgan fingerprint density at radius 3 is 2.54 bits per heavy atom. The van der Waals surface area contributed by atoms with Gasteiger partial charge in [-0.1, -0.05) is 17.7 Å². The van der Waals surface area contributed by atoms with E-state index in [4.69, 9.17) is 21.1 Å². The number of hydrogen-bond acceptors (Lipinski definition) is 4. The van der Waals surface area contributed by atoms with E-state index in [9.17, 15) is 9.59 Å². The molecule has 2 rings (SSSR count). The number of hydrogen-bond donors (Lipinski definition) is 1. The second-order valence-corrected chi connectivity index (χ2v) is 6.79. The third kappa shape index (κ3) is 6.35. The molecular formula is C19H19BrClNO4. The van der Waals surface area contributed by atoms with Crippen molar-refractivity contribution in [3.8, 4) is 5.75 Å². The Labute approximate surface area is 165 Å². The fraction of sp³-hybridized carbons (Fsp3) is 0.263. The second-order valence-electron chi connectivity index (χ2n) is 5.50. The normalized spacial score (nSPS) is 10.3. The van der Waals surface area contributed by atoms with E-state index in [1.54, 1.807) is 37.4 Å². The van der Waals surface area contributed by atoms with Gasteiger partial charge in [-0.2, -0.15) is 0 Å². The van der Waals surface area contributed by atoms with E-state index in [2.05, 4.69) is 21.2 Å². The Balaban J connectivity index is 1.66. The molecule has 0 saturated carbocycles. The summed E-state index contributed by atoms with van der Waals surface area (Å²) in [6.07, 6.45) is 0.739. The summed E-state index contributed by atoms with van der Waals surface area (Å²) in [5.41, 5.74) is 1.39. The van der Waals surface area contributed by atoms with Crippen molar-refractivity contribution in [3.05, 3.63) is 63.1 Å². The zero-order chi connectivity index (χ0) is 18.9. The molecular weight excluding hydrogens is 422 g/mol. The average molecular weight is 441 g/mol. The van der Waals surface area contributed by atoms with Gasteiger partial charge < -0.3 is 14.8 Å². The van der Waals surface area contributed by atoms with E-state index < -0.39 is 0 Å². The van der Waals surface area contributed by atoms with Gasteiger partial charge in [-0.3, -0.25) is 9.59 Å². The standard InChI is InChI=1S/C19H19BrClNO4/c1-25-17-9-4-13(11-16(17)20)12-26-18(23)3-2-10-22-19(24)14-5-7-15(21)8-6-14/h4-9,11H,2-3,10,12H2,1H3,(H,22,24). The van der Waals surface area contributed by atoms with E-state index in [0.717, 1.165) is 15.8 Å². The Morgan fingerprint density at radius 2 is 1.88 bits per heavy atom. The number of carbonyl (C=O) groups is 2. The van der Waals surface area contributed by atoms with E-state index in [1.807, 2.05) is 12.1 Å². The van der Waals surface area contributed by atoms with Crippen LogP contribution in [0.4, 0.5) is 0 Å². The zero-order valence-corrected chi connectivity index (χ0v) is 16.6. The van der Waals surface area contributed by atoms with Gasteiger partial charge in [-0.05, 0) is 64.3 Å². The van der Waals surface area contributed by atoms with E-state index in [-0.39, 0.29) is 24.9 Å². The van der Waals surface area contributed by atoms with E-state index >= 15 is 0 Å². The molecule has 2 aromatic rings. The molecule has 2 aromatic carbocycles. The molecule has 0 bridgehead atoms. The highest BCUT2D eigenvalue weighted by Gasteiger charge is 2.08. The van der Waals surface area contributed by atoms with Gasteiger partial charge in [0, 0.05) is 23.6 Å². The number of halogens is 2. The third-order valence-corrected chi connectivity index (χ3v) is 4.44. The van der Waals surface area contributed by atoms with Crippen LogP contribution < -0.4 is 10.1 Å². The molecule has 7 heteroatoms. The van der Waals surface area contributed by atoms with Gasteiger partial charge in [-0.25, -0.2) is 0 Å². The molecule has 1 amide bonds. The lowest BCUT2D eigenvalue weighted by Crippen LogP contribution is -2.24. The summed E-state index contributed by atoms with van der Waals surface area (Å²) in [5.74, 6) is 0.215. The lowest BCUT2D eigenvalue weighted by atomic mass is 10.2. The highest BCUT2D eigenvalue weighted by Crippen LogP contribution is 2.25. The molecule has 0 fully saturated rings. The number of ether oxygens (including phenoxy) is 2. The topological polar surface area (TPSA) is 64.6 Å². The van der Waals surface area contributed by atoms with Crippen LogP contribution in [0.25, 0.3) is 0 Å². The van der Waals surface area contributed by atoms with Crippen LogP contribution >= 0.6 is 27.5 Å². The molecule has 0 atom stereocenters. The molecule has 1 N–H and O–H groups in total. The highest BCUT2D eigenvalue weighted by atomic mass is 79.9. The van der Waals surface area contributed by atoms with Gasteiger partial charge in [0.1, 0.15) is 12.4 Å². The maximum absolute atomic E-state index is 11.9. The molecule has 0 saturated heterocycles. The Hall–Kier alpha value is -2.05. The van der Waals surface area contributed by atoms with Gasteiger partial charge >= 0.3 is 5.97 Å². The number of amides is 1. The van der Waals surface area contributed by atoms with Crippen molar-refractivity contribution in [1.29, 1.82) is 0 Å². The molecule has 0 radical (unpaired) electrons. The summed E-state index contributed by atoms with van der Waals surface area (Å²) < 4.78 is 11.2. The van der Waals surface area contributed by atoms with Crippen molar-refractivity contribution in [2.45, 2.75) is 19.4 Å². The van der Waals surface area contributed by atoms with Crippen molar-refractivity contribution < 1.29 is 19.1 Å². The largest absolute Gasteiger partial charge is 0.496 e. The number of rotatable bonds is 8. The molecule has 0 aliphatic heterocycles. The van der Waals surface area contributed by atoms with Crippen molar-refractivity contribution >= 4 is 39.4 Å². The average Bonchev–Trinajstić information content (AvgIpc) is 2.64. The van der Waals surface area contributed by atoms with Gasteiger partial charge in [0.15, 0.2) is 0 Å². The number of carbonyl (C=O) groups excluding carboxylic acids is 2. The number of nitrogens with one attached hydrogen (secondary N) is 1. The SMILES string of the molecule is COc1ccc(COC(=O)CCCNC(=O)c2ccc(Cl)cc2)cc1Br. The van der Waals surface area contributed by atoms with Crippen molar-refractivity contribution in [3.63, 3.8) is 0 Å². The highest BCUT2D eigenvalue weighted by molar-refractivity contribution is 9.10. The number of methoxy groups -OCH3 is 1. The molecule has 0 aliphatic rings. The molecule has 26 heavy (non-hydrogen) atoms. The minimum Gasteiger partial charge on any atom is -0.496 e. The van der Waals surface area contributed by atoms with E-state index in [0.29, 0.717) is 23.6 Å². The van der Waals surface area contributed by atoms with Crippen LogP contribution in [0.2, 0.25) is 5.02 Å². The van der Waals surface area contributed by atoms with Crippen LogP contribution in [0.15, 0.2) is 46.9 Å². The third-order valence-electron chi connectivity index (χ3n) is 3.57. The maximum Gasteiger partial charge on any atom is 0.306 e. The summed E-state index contributed by atoms with van der Waals surface area (Å²) in [6.45, 7) is 0.587. The zero-order valence-electron chi connectivity index (χ0n) is 14.3. The van der Waals surface area contributed by atoms with E-state index in [1.165, 1.54) is 0 Å². The summed E-state index contributed by atoms with van der Waals surface area (Å²) in [4.78, 5) is 23.7. The molecule has 5 nitrogen and oxygen atoms in total. The Bertz CT molecular complexity index is 765. The van der Waals surface area contributed by atoms with Gasteiger partial charge in [0.2, 0.25) is 0 Å². The molecule has 0 unspecified atom stereocenters. The molecule has 0 aromatic heterocycles. The predicted octanol–water partition coefficient (Wildman–Crippen LogP) is 4.36. The monoisotopic (exact) mass is 439 g/mol. The van der Waals surface area contributed by atoms with Crippen LogP contribution in [0.5, 0.6) is 5.75 Å². The van der Waals surface area contributed by atoms with Gasteiger partial charge in [-0.15, -0.1) is 0 Å². The summed E-state index contributed by atoms with van der Waals surface area (Å²) in [5, 5.41) is 3.33. The Morgan fingerprint density at radius 1 is 1.15 bits per heavy atom. The van der Waals surface area contributed by atoms with Crippen LogP contribution in [-0.2, 0) is 16.1 Å². The van der Waals surface area contributed by atoms with Gasteiger partial charge in [0.25, 0.3) is 5.91 Å². The molecule has 138 valence electrons. The summed E-state index contributed by atoms with van der Waals surface area (Å²) >= 11 is 9.17. The Kier molecular flexibility index (Phi) is 7.94. The fourth-order valence-electron chi connectivity index (χ4n) is 2.17. The smallest absolute Gasteiger partial charge is 0.306 e. The number of benzene rings is 2. The van der Waals surface area contributed by atoms with Crippen molar-refractivity contribution in [2.24, 2.45) is 0 Å². The fourth-order valence-corrected chi connectivity index (χ4v) is 2.89. The molecule has 0 aliphatic carbocycles. The first-order chi connectivity index (χ1) is 12.5. The van der Waals surface area contributed by atoms with Gasteiger partial charge in [0.05, 0.1) is 11.6 Å². The van der Waals surface area contributed by atoms with Crippen molar-refractivity contribution in [2.75, 3.05) is 13.7 Å². The molecule has 0 spiro atoms. The van der Waals surface area contributed by atoms with Crippen molar-refractivity contribution in [1.82, 2.24) is 5.32 Å². The molecule has 0 heterocycles. The lowest BCUT2D eigenvalue weighted by Gasteiger charge is -2.08. The predicted molar refractivity (Wildman–Crippen MR) is 104 cm³/mol. The minimum atomic E-state index is -0.308. The van der Waals surface area contributed by atoms with Crippen LogP contribution in [-0.4, -0.2) is 25.5 Å². The second kappa shape index (κ2) is 10.2. The number of esters is 1. The first kappa shape index (κ1) is 20.3. The lowest BCUT2D eigenvalue weighted by molar-refractivity contribution is -0.145. The van der Waals surface area contributed by atoms with Crippen LogP contribution in [0, 0.1) is 0 Å². The summed E-state index contributed by atoms with van der Waals surface area (Å²) in [7, 11) is 1.59. The van der Waals surface area contributed by atoms with Crippen LogP contribution in [0.3, 0.4) is 0 Å². The quantitative estimate of drug-likeness (QED) is 0.489. The van der Waals surface area contributed by atoms with Crippen LogP contribution in [0.1, 0.15) is 28.8 Å². The minimum absolute atomic E-state index is 0.193.